The van der Waals surface area contributed by atoms with Gasteiger partial charge in [0.2, 0.25) is 0 Å². The van der Waals surface area contributed by atoms with Crippen LogP contribution in [0.15, 0.2) is 12.2 Å². The van der Waals surface area contributed by atoms with Crippen LogP contribution < -0.4 is 0 Å². The number of rotatable bonds is 5. The standard InChI is InChI=1S/C10H20O/c1-5-8(3)7-10(11)9(4)6-2/h9-11H,3,5-7H2,1-2,4H3. The van der Waals surface area contributed by atoms with Gasteiger partial charge in [-0.25, -0.2) is 0 Å². The van der Waals surface area contributed by atoms with E-state index < -0.39 is 0 Å². The van der Waals surface area contributed by atoms with Gasteiger partial charge in [-0.2, -0.15) is 0 Å². The molecule has 0 aliphatic heterocycles. The molecule has 0 aliphatic rings. The normalized spacial score (nSPS) is 16.0. The van der Waals surface area contributed by atoms with Crippen LogP contribution in [0.5, 0.6) is 0 Å². The zero-order chi connectivity index (χ0) is 8.85. The van der Waals surface area contributed by atoms with Gasteiger partial charge in [0, 0.05) is 0 Å². The molecule has 0 aliphatic carbocycles. The maximum Gasteiger partial charge on any atom is 0.0602 e. The lowest BCUT2D eigenvalue weighted by Crippen LogP contribution is -2.17. The second-order valence-corrected chi connectivity index (χ2v) is 3.26. The molecule has 1 N–H and O–H groups in total. The molecule has 0 bridgehead atoms. The summed E-state index contributed by atoms with van der Waals surface area (Å²) in [6.07, 6.45) is 2.60. The fourth-order valence-electron chi connectivity index (χ4n) is 0.913. The Bertz CT molecular complexity index is 118. The van der Waals surface area contributed by atoms with Crippen LogP contribution in [-0.2, 0) is 0 Å². The highest BCUT2D eigenvalue weighted by atomic mass is 16.3. The van der Waals surface area contributed by atoms with Crippen LogP contribution in [0.3, 0.4) is 0 Å². The fraction of sp³-hybridized carbons (Fsp3) is 0.800. The van der Waals surface area contributed by atoms with Crippen molar-refractivity contribution in [3.63, 3.8) is 0 Å². The van der Waals surface area contributed by atoms with E-state index in [0.29, 0.717) is 5.92 Å². The van der Waals surface area contributed by atoms with Gasteiger partial charge in [0.05, 0.1) is 6.10 Å². The average Bonchev–Trinajstić information content (AvgIpc) is 2.02. The number of aliphatic hydroxyl groups excluding tert-OH is 1. The zero-order valence-corrected chi connectivity index (χ0v) is 7.93. The maximum absolute atomic E-state index is 9.56. The van der Waals surface area contributed by atoms with E-state index >= 15 is 0 Å². The summed E-state index contributed by atoms with van der Waals surface area (Å²) in [4.78, 5) is 0. The topological polar surface area (TPSA) is 20.2 Å². The van der Waals surface area contributed by atoms with Crippen LogP contribution in [0.1, 0.15) is 40.0 Å². The van der Waals surface area contributed by atoms with E-state index in [1.807, 2.05) is 0 Å². The van der Waals surface area contributed by atoms with E-state index in [2.05, 4.69) is 27.4 Å². The van der Waals surface area contributed by atoms with Crippen molar-refractivity contribution in [2.75, 3.05) is 0 Å². The lowest BCUT2D eigenvalue weighted by molar-refractivity contribution is 0.114. The van der Waals surface area contributed by atoms with Crippen LogP contribution >= 0.6 is 0 Å². The van der Waals surface area contributed by atoms with E-state index in [4.69, 9.17) is 0 Å². The van der Waals surface area contributed by atoms with Crippen molar-refractivity contribution in [1.82, 2.24) is 0 Å². The molecule has 2 unspecified atom stereocenters. The van der Waals surface area contributed by atoms with Gasteiger partial charge in [-0.3, -0.25) is 0 Å². The molecule has 66 valence electrons. The van der Waals surface area contributed by atoms with Crippen molar-refractivity contribution in [2.45, 2.75) is 46.1 Å². The first-order valence-corrected chi connectivity index (χ1v) is 4.46. The summed E-state index contributed by atoms with van der Waals surface area (Å²) in [6.45, 7) is 10.1. The Balaban J connectivity index is 3.67. The minimum Gasteiger partial charge on any atom is -0.393 e. The molecule has 0 radical (unpaired) electrons. The second kappa shape index (κ2) is 5.36. The first kappa shape index (κ1) is 10.7. The van der Waals surface area contributed by atoms with Gasteiger partial charge in [-0.05, 0) is 18.8 Å². The van der Waals surface area contributed by atoms with Gasteiger partial charge >= 0.3 is 0 Å². The Morgan fingerprint density at radius 3 is 2.36 bits per heavy atom. The lowest BCUT2D eigenvalue weighted by Gasteiger charge is -2.17. The smallest absolute Gasteiger partial charge is 0.0602 e. The lowest BCUT2D eigenvalue weighted by atomic mass is 9.95. The molecule has 0 saturated heterocycles. The van der Waals surface area contributed by atoms with Crippen LogP contribution in [-0.4, -0.2) is 11.2 Å². The van der Waals surface area contributed by atoms with Crippen LogP contribution in [0.25, 0.3) is 0 Å². The summed E-state index contributed by atoms with van der Waals surface area (Å²) < 4.78 is 0. The molecule has 1 nitrogen and oxygen atoms in total. The minimum atomic E-state index is -0.188. The van der Waals surface area contributed by atoms with Crippen molar-refractivity contribution in [2.24, 2.45) is 5.92 Å². The van der Waals surface area contributed by atoms with Crippen molar-refractivity contribution in [3.8, 4) is 0 Å². The van der Waals surface area contributed by atoms with Gasteiger partial charge in [-0.1, -0.05) is 39.3 Å². The van der Waals surface area contributed by atoms with Crippen LogP contribution in [0.2, 0.25) is 0 Å². The minimum absolute atomic E-state index is 0.188. The number of hydrogen-bond donors (Lipinski definition) is 1. The SMILES string of the molecule is C=C(CC)CC(O)C(C)CC. The molecule has 0 rings (SSSR count). The molecule has 11 heavy (non-hydrogen) atoms. The molecule has 0 heterocycles. The molecular weight excluding hydrogens is 136 g/mol. The molecule has 0 aromatic heterocycles. The predicted octanol–water partition coefficient (Wildman–Crippen LogP) is 2.75. The summed E-state index contributed by atoms with van der Waals surface area (Å²) in [5.74, 6) is 0.401. The Morgan fingerprint density at radius 2 is 2.00 bits per heavy atom. The molecule has 0 aromatic carbocycles. The quantitative estimate of drug-likeness (QED) is 0.607. The largest absolute Gasteiger partial charge is 0.393 e. The number of aliphatic hydroxyl groups is 1. The fourth-order valence-corrected chi connectivity index (χ4v) is 0.913. The van der Waals surface area contributed by atoms with E-state index in [-0.39, 0.29) is 6.10 Å². The van der Waals surface area contributed by atoms with Gasteiger partial charge < -0.3 is 5.11 Å². The first-order chi connectivity index (χ1) is 5.11. The summed E-state index contributed by atoms with van der Waals surface area (Å²) >= 11 is 0. The molecule has 0 amide bonds. The highest BCUT2D eigenvalue weighted by molar-refractivity contribution is 4.95. The van der Waals surface area contributed by atoms with E-state index in [1.165, 1.54) is 0 Å². The van der Waals surface area contributed by atoms with E-state index in [9.17, 15) is 5.11 Å². The first-order valence-electron chi connectivity index (χ1n) is 4.46. The van der Waals surface area contributed by atoms with Gasteiger partial charge in [0.1, 0.15) is 0 Å². The van der Waals surface area contributed by atoms with Crippen LogP contribution in [0, 0.1) is 5.92 Å². The van der Waals surface area contributed by atoms with Gasteiger partial charge in [0.15, 0.2) is 0 Å². The molecule has 0 fully saturated rings. The molecule has 0 saturated carbocycles. The van der Waals surface area contributed by atoms with E-state index in [0.717, 1.165) is 24.8 Å². The summed E-state index contributed by atoms with van der Waals surface area (Å²) in [7, 11) is 0. The third kappa shape index (κ3) is 4.20. The average molecular weight is 156 g/mol. The summed E-state index contributed by atoms with van der Waals surface area (Å²) in [6, 6.07) is 0. The third-order valence-corrected chi connectivity index (χ3v) is 2.30. The Morgan fingerprint density at radius 1 is 1.45 bits per heavy atom. The zero-order valence-electron chi connectivity index (χ0n) is 7.93. The van der Waals surface area contributed by atoms with Gasteiger partial charge in [0.25, 0.3) is 0 Å². The highest BCUT2D eigenvalue weighted by Gasteiger charge is 2.12. The summed E-state index contributed by atoms with van der Waals surface area (Å²) in [5, 5.41) is 9.56. The molecule has 0 aromatic rings. The summed E-state index contributed by atoms with van der Waals surface area (Å²) in [5.41, 5.74) is 1.15. The Hall–Kier alpha value is -0.300. The molecule has 0 spiro atoms. The molecule has 1 heteroatoms. The van der Waals surface area contributed by atoms with Gasteiger partial charge in [-0.15, -0.1) is 0 Å². The predicted molar refractivity (Wildman–Crippen MR) is 49.5 cm³/mol. The molecular formula is C10H20O. The second-order valence-electron chi connectivity index (χ2n) is 3.26. The maximum atomic E-state index is 9.56. The molecule has 2 atom stereocenters. The highest BCUT2D eigenvalue weighted by Crippen LogP contribution is 2.15. The number of hydrogen-bond acceptors (Lipinski definition) is 1. The van der Waals surface area contributed by atoms with Crippen molar-refractivity contribution >= 4 is 0 Å². The van der Waals surface area contributed by atoms with Crippen molar-refractivity contribution in [1.29, 1.82) is 0 Å². The van der Waals surface area contributed by atoms with Crippen molar-refractivity contribution in [3.05, 3.63) is 12.2 Å². The monoisotopic (exact) mass is 156 g/mol. The Kier molecular flexibility index (Phi) is 5.22. The van der Waals surface area contributed by atoms with Crippen LogP contribution in [0.4, 0.5) is 0 Å². The van der Waals surface area contributed by atoms with E-state index in [1.54, 1.807) is 0 Å². The van der Waals surface area contributed by atoms with Crippen molar-refractivity contribution < 1.29 is 5.11 Å². The third-order valence-electron chi connectivity index (χ3n) is 2.30. The Labute approximate surface area is 70.1 Å².